The smallest absolute Gasteiger partial charge is 0.222 e. The molecular weight excluding hydrogens is 186 g/mol. The predicted molar refractivity (Wildman–Crippen MR) is 60.5 cm³/mol. The van der Waals surface area contributed by atoms with Crippen LogP contribution in [0.3, 0.4) is 0 Å². The molecule has 0 saturated carbocycles. The summed E-state index contributed by atoms with van der Waals surface area (Å²) in [5, 5.41) is 0. The number of carbonyl (C=O) groups excluding carboxylic acids is 1. The summed E-state index contributed by atoms with van der Waals surface area (Å²) in [6.45, 7) is 3.74. The van der Waals surface area contributed by atoms with Crippen LogP contribution in [-0.2, 0) is 17.8 Å². The Balaban J connectivity index is 2.08. The van der Waals surface area contributed by atoms with Crippen LogP contribution < -0.4 is 0 Å². The zero-order valence-corrected chi connectivity index (χ0v) is 9.20. The summed E-state index contributed by atoms with van der Waals surface area (Å²) in [4.78, 5) is 13.7. The first-order chi connectivity index (χ1) is 7.31. The van der Waals surface area contributed by atoms with E-state index in [0.717, 1.165) is 25.9 Å². The molecule has 1 aliphatic rings. The molecule has 1 aromatic rings. The van der Waals surface area contributed by atoms with Crippen molar-refractivity contribution in [1.29, 1.82) is 0 Å². The van der Waals surface area contributed by atoms with E-state index in [9.17, 15) is 4.79 Å². The standard InChI is InChI=1S/C13H17NO/c1-2-5-13(15)14-9-8-11-6-3-4-7-12(11)10-14/h3-4,6-7H,2,5,8-10H2,1H3. The van der Waals surface area contributed by atoms with E-state index in [4.69, 9.17) is 0 Å². The summed E-state index contributed by atoms with van der Waals surface area (Å²) in [5.74, 6) is 0.298. The third-order valence-corrected chi connectivity index (χ3v) is 2.95. The van der Waals surface area contributed by atoms with Crippen LogP contribution in [0.4, 0.5) is 0 Å². The minimum absolute atomic E-state index is 0.298. The normalized spacial score (nSPS) is 14.9. The van der Waals surface area contributed by atoms with Gasteiger partial charge in [-0.1, -0.05) is 31.2 Å². The number of fused-ring (bicyclic) bond motifs is 1. The Bertz CT molecular complexity index is 359. The minimum Gasteiger partial charge on any atom is -0.338 e. The van der Waals surface area contributed by atoms with Gasteiger partial charge in [0.25, 0.3) is 0 Å². The first-order valence-corrected chi connectivity index (χ1v) is 5.66. The van der Waals surface area contributed by atoms with Crippen molar-refractivity contribution in [2.75, 3.05) is 6.54 Å². The van der Waals surface area contributed by atoms with Gasteiger partial charge in [-0.25, -0.2) is 0 Å². The van der Waals surface area contributed by atoms with Crippen molar-refractivity contribution < 1.29 is 4.79 Å². The monoisotopic (exact) mass is 203 g/mol. The molecule has 0 spiro atoms. The third kappa shape index (κ3) is 2.20. The number of rotatable bonds is 2. The summed E-state index contributed by atoms with van der Waals surface area (Å²) in [7, 11) is 0. The van der Waals surface area contributed by atoms with Crippen molar-refractivity contribution in [3.63, 3.8) is 0 Å². The van der Waals surface area contributed by atoms with Crippen LogP contribution in [0.25, 0.3) is 0 Å². The van der Waals surface area contributed by atoms with Gasteiger partial charge in [0.2, 0.25) is 5.91 Å². The third-order valence-electron chi connectivity index (χ3n) is 2.95. The van der Waals surface area contributed by atoms with Gasteiger partial charge < -0.3 is 4.90 Å². The fourth-order valence-electron chi connectivity index (χ4n) is 2.08. The topological polar surface area (TPSA) is 20.3 Å². The maximum Gasteiger partial charge on any atom is 0.222 e. The lowest BCUT2D eigenvalue weighted by Crippen LogP contribution is -2.35. The molecule has 2 rings (SSSR count). The highest BCUT2D eigenvalue weighted by Crippen LogP contribution is 2.19. The lowest BCUT2D eigenvalue weighted by Gasteiger charge is -2.28. The summed E-state index contributed by atoms with van der Waals surface area (Å²) in [6.07, 6.45) is 2.63. The quantitative estimate of drug-likeness (QED) is 0.722. The number of benzene rings is 1. The molecule has 2 heteroatoms. The van der Waals surface area contributed by atoms with Gasteiger partial charge in [0.15, 0.2) is 0 Å². The van der Waals surface area contributed by atoms with Crippen LogP contribution in [0.5, 0.6) is 0 Å². The molecule has 1 aromatic carbocycles. The van der Waals surface area contributed by atoms with Gasteiger partial charge >= 0.3 is 0 Å². The van der Waals surface area contributed by atoms with E-state index in [-0.39, 0.29) is 0 Å². The maximum absolute atomic E-state index is 11.7. The van der Waals surface area contributed by atoms with Gasteiger partial charge in [-0.2, -0.15) is 0 Å². The first kappa shape index (κ1) is 10.2. The number of hydrogen-bond acceptors (Lipinski definition) is 1. The Morgan fingerprint density at radius 1 is 1.33 bits per heavy atom. The summed E-state index contributed by atoms with van der Waals surface area (Å²) >= 11 is 0. The molecule has 0 unspecified atom stereocenters. The zero-order valence-electron chi connectivity index (χ0n) is 9.20. The van der Waals surface area contributed by atoms with Crippen molar-refractivity contribution in [3.8, 4) is 0 Å². The minimum atomic E-state index is 0.298. The summed E-state index contributed by atoms with van der Waals surface area (Å²) < 4.78 is 0. The van der Waals surface area contributed by atoms with Crippen LogP contribution in [-0.4, -0.2) is 17.4 Å². The van der Waals surface area contributed by atoms with E-state index in [2.05, 4.69) is 25.1 Å². The highest BCUT2D eigenvalue weighted by molar-refractivity contribution is 5.76. The molecule has 2 nitrogen and oxygen atoms in total. The van der Waals surface area contributed by atoms with Crippen LogP contribution in [0.15, 0.2) is 24.3 Å². The van der Waals surface area contributed by atoms with Crippen molar-refractivity contribution in [1.82, 2.24) is 4.90 Å². The second-order valence-electron chi connectivity index (χ2n) is 4.08. The predicted octanol–water partition coefficient (Wildman–Crippen LogP) is 2.37. The fourth-order valence-corrected chi connectivity index (χ4v) is 2.08. The van der Waals surface area contributed by atoms with Gasteiger partial charge in [-0.15, -0.1) is 0 Å². The number of carbonyl (C=O) groups is 1. The highest BCUT2D eigenvalue weighted by atomic mass is 16.2. The van der Waals surface area contributed by atoms with E-state index >= 15 is 0 Å². The average molecular weight is 203 g/mol. The van der Waals surface area contributed by atoms with Gasteiger partial charge in [0, 0.05) is 19.5 Å². The van der Waals surface area contributed by atoms with E-state index in [0.29, 0.717) is 12.3 Å². The molecule has 80 valence electrons. The molecule has 1 heterocycles. The SMILES string of the molecule is CCCC(=O)N1CCc2ccccc2C1. The Hall–Kier alpha value is -1.31. The molecule has 15 heavy (non-hydrogen) atoms. The molecule has 0 radical (unpaired) electrons. The Morgan fingerprint density at radius 2 is 2.07 bits per heavy atom. The Morgan fingerprint density at radius 3 is 2.80 bits per heavy atom. The van der Waals surface area contributed by atoms with E-state index in [1.165, 1.54) is 11.1 Å². The largest absolute Gasteiger partial charge is 0.338 e. The van der Waals surface area contributed by atoms with Crippen molar-refractivity contribution in [3.05, 3.63) is 35.4 Å². The van der Waals surface area contributed by atoms with Gasteiger partial charge in [-0.05, 0) is 24.0 Å². The number of nitrogens with zero attached hydrogens (tertiary/aromatic N) is 1. The molecular formula is C13H17NO. The number of hydrogen-bond donors (Lipinski definition) is 0. The van der Waals surface area contributed by atoms with Gasteiger partial charge in [-0.3, -0.25) is 4.79 Å². The van der Waals surface area contributed by atoms with E-state index in [1.807, 2.05) is 11.0 Å². The van der Waals surface area contributed by atoms with Crippen molar-refractivity contribution >= 4 is 5.91 Å². The molecule has 0 saturated heterocycles. The second kappa shape index (κ2) is 4.47. The molecule has 0 fully saturated rings. The number of amides is 1. The van der Waals surface area contributed by atoms with Crippen LogP contribution in [0, 0.1) is 0 Å². The van der Waals surface area contributed by atoms with Gasteiger partial charge in [0.05, 0.1) is 0 Å². The molecule has 0 aliphatic carbocycles. The van der Waals surface area contributed by atoms with Crippen molar-refractivity contribution in [2.45, 2.75) is 32.7 Å². The molecule has 0 N–H and O–H groups in total. The van der Waals surface area contributed by atoms with Gasteiger partial charge in [0.1, 0.15) is 0 Å². The molecule has 1 amide bonds. The molecule has 0 bridgehead atoms. The van der Waals surface area contributed by atoms with Crippen LogP contribution in [0.2, 0.25) is 0 Å². The summed E-state index contributed by atoms with van der Waals surface area (Å²) in [6, 6.07) is 8.41. The second-order valence-corrected chi connectivity index (χ2v) is 4.08. The van der Waals surface area contributed by atoms with Crippen molar-refractivity contribution in [2.24, 2.45) is 0 Å². The zero-order chi connectivity index (χ0) is 10.7. The maximum atomic E-state index is 11.7. The van der Waals surface area contributed by atoms with Crippen LogP contribution >= 0.6 is 0 Å². The molecule has 1 aliphatic heterocycles. The Labute approximate surface area is 90.9 Å². The molecule has 0 aromatic heterocycles. The molecule has 0 atom stereocenters. The van der Waals surface area contributed by atoms with Crippen LogP contribution in [0.1, 0.15) is 30.9 Å². The van der Waals surface area contributed by atoms with E-state index < -0.39 is 0 Å². The van der Waals surface area contributed by atoms with E-state index in [1.54, 1.807) is 0 Å². The highest BCUT2D eigenvalue weighted by Gasteiger charge is 2.18. The first-order valence-electron chi connectivity index (χ1n) is 5.66. The summed E-state index contributed by atoms with van der Waals surface area (Å²) in [5.41, 5.74) is 2.71. The Kier molecular flexibility index (Phi) is 3.05. The fraction of sp³-hybridized carbons (Fsp3) is 0.462. The lowest BCUT2D eigenvalue weighted by molar-refractivity contribution is -0.132. The lowest BCUT2D eigenvalue weighted by atomic mass is 10.00. The average Bonchev–Trinajstić information content (AvgIpc) is 2.29.